The highest BCUT2D eigenvalue weighted by Gasteiger charge is 2.23. The van der Waals surface area contributed by atoms with Gasteiger partial charge in [0.2, 0.25) is 0 Å². The first-order valence-corrected chi connectivity index (χ1v) is 7.72. The second-order valence-electron chi connectivity index (χ2n) is 5.54. The van der Waals surface area contributed by atoms with E-state index >= 15 is 0 Å². The van der Waals surface area contributed by atoms with Crippen LogP contribution in [0.25, 0.3) is 0 Å². The van der Waals surface area contributed by atoms with E-state index in [0.29, 0.717) is 12.2 Å². The summed E-state index contributed by atoms with van der Waals surface area (Å²) in [5.41, 5.74) is 2.63. The number of carbonyl (C=O) groups excluding carboxylic acids is 1. The van der Waals surface area contributed by atoms with E-state index in [1.807, 2.05) is 18.2 Å². The van der Waals surface area contributed by atoms with Crippen LogP contribution < -0.4 is 15.0 Å². The Labute approximate surface area is 135 Å². The van der Waals surface area contributed by atoms with Crippen LogP contribution in [0.5, 0.6) is 11.5 Å². The number of aromatic hydroxyl groups is 1. The predicted octanol–water partition coefficient (Wildman–Crippen LogP) is 3.78. The topological polar surface area (TPSA) is 61.8 Å². The van der Waals surface area contributed by atoms with E-state index in [2.05, 4.69) is 5.32 Å². The number of ether oxygens (including phenoxy) is 1. The number of rotatable bonds is 2. The average molecular weight is 312 g/mol. The van der Waals surface area contributed by atoms with Crippen LogP contribution in [-0.4, -0.2) is 24.8 Å². The molecule has 0 spiro atoms. The van der Waals surface area contributed by atoms with Gasteiger partial charge in [-0.2, -0.15) is 0 Å². The van der Waals surface area contributed by atoms with E-state index in [1.54, 1.807) is 36.3 Å². The van der Waals surface area contributed by atoms with Gasteiger partial charge in [-0.15, -0.1) is 0 Å². The van der Waals surface area contributed by atoms with E-state index in [9.17, 15) is 9.90 Å². The fourth-order valence-electron chi connectivity index (χ4n) is 2.89. The predicted molar refractivity (Wildman–Crippen MR) is 90.4 cm³/mol. The zero-order valence-electron chi connectivity index (χ0n) is 13.1. The first-order valence-electron chi connectivity index (χ1n) is 7.72. The first kappa shape index (κ1) is 15.2. The van der Waals surface area contributed by atoms with Gasteiger partial charge in [-0.25, -0.2) is 4.79 Å². The Bertz CT molecular complexity index is 698. The molecule has 1 heterocycles. The molecular weight excluding hydrogens is 292 g/mol. The SMILES string of the molecule is COc1cccc2c1CCCCN2C(=O)Nc1ccc(O)cc1. The van der Waals surface area contributed by atoms with Crippen LogP contribution in [0.2, 0.25) is 0 Å². The molecule has 3 rings (SSSR count). The number of hydrogen-bond acceptors (Lipinski definition) is 3. The summed E-state index contributed by atoms with van der Waals surface area (Å²) in [6.45, 7) is 0.671. The lowest BCUT2D eigenvalue weighted by atomic mass is 10.1. The summed E-state index contributed by atoms with van der Waals surface area (Å²) in [6.07, 6.45) is 2.87. The Kier molecular flexibility index (Phi) is 4.37. The number of benzene rings is 2. The number of amides is 2. The van der Waals surface area contributed by atoms with Crippen LogP contribution in [0, 0.1) is 0 Å². The molecule has 0 bridgehead atoms. The van der Waals surface area contributed by atoms with Crippen molar-refractivity contribution in [2.75, 3.05) is 23.9 Å². The van der Waals surface area contributed by atoms with Gasteiger partial charge in [0.1, 0.15) is 11.5 Å². The fraction of sp³-hybridized carbons (Fsp3) is 0.278. The van der Waals surface area contributed by atoms with Gasteiger partial charge in [0.05, 0.1) is 12.8 Å². The van der Waals surface area contributed by atoms with Crippen LogP contribution in [0.15, 0.2) is 42.5 Å². The van der Waals surface area contributed by atoms with Gasteiger partial charge in [0, 0.05) is 17.8 Å². The monoisotopic (exact) mass is 312 g/mol. The van der Waals surface area contributed by atoms with Crippen molar-refractivity contribution in [2.24, 2.45) is 0 Å². The molecule has 0 unspecified atom stereocenters. The normalized spacial score (nSPS) is 13.9. The Morgan fingerprint density at radius 3 is 2.70 bits per heavy atom. The number of phenols is 1. The van der Waals surface area contributed by atoms with Crippen LogP contribution in [0.1, 0.15) is 18.4 Å². The Morgan fingerprint density at radius 1 is 1.17 bits per heavy atom. The number of nitrogens with zero attached hydrogens (tertiary/aromatic N) is 1. The van der Waals surface area contributed by atoms with E-state index in [-0.39, 0.29) is 11.8 Å². The lowest BCUT2D eigenvalue weighted by Gasteiger charge is -2.24. The van der Waals surface area contributed by atoms with Crippen LogP contribution >= 0.6 is 0 Å². The first-order chi connectivity index (χ1) is 11.2. The average Bonchev–Trinajstić information content (AvgIpc) is 2.79. The molecule has 1 aliphatic heterocycles. The largest absolute Gasteiger partial charge is 0.508 e. The maximum atomic E-state index is 12.7. The summed E-state index contributed by atoms with van der Waals surface area (Å²) >= 11 is 0. The van der Waals surface area contributed by atoms with Gasteiger partial charge in [0.25, 0.3) is 0 Å². The summed E-state index contributed by atoms with van der Waals surface area (Å²) in [4.78, 5) is 14.4. The van der Waals surface area contributed by atoms with E-state index in [4.69, 9.17) is 4.74 Å². The van der Waals surface area contributed by atoms with Gasteiger partial charge < -0.3 is 15.2 Å². The van der Waals surface area contributed by atoms with Crippen molar-refractivity contribution in [1.29, 1.82) is 0 Å². The van der Waals surface area contributed by atoms with Crippen molar-refractivity contribution in [3.63, 3.8) is 0 Å². The third-order valence-electron chi connectivity index (χ3n) is 4.04. The smallest absolute Gasteiger partial charge is 0.326 e. The fourth-order valence-corrected chi connectivity index (χ4v) is 2.89. The summed E-state index contributed by atoms with van der Waals surface area (Å²) in [5.74, 6) is 1.000. The molecule has 0 aliphatic carbocycles. The molecule has 5 nitrogen and oxygen atoms in total. The zero-order chi connectivity index (χ0) is 16.2. The van der Waals surface area contributed by atoms with E-state index in [0.717, 1.165) is 36.3 Å². The van der Waals surface area contributed by atoms with Crippen LogP contribution in [-0.2, 0) is 6.42 Å². The number of nitrogens with one attached hydrogen (secondary N) is 1. The highest BCUT2D eigenvalue weighted by molar-refractivity contribution is 6.02. The summed E-state index contributed by atoms with van der Waals surface area (Å²) in [5, 5.41) is 12.2. The maximum absolute atomic E-state index is 12.7. The Balaban J connectivity index is 1.87. The Hall–Kier alpha value is -2.69. The molecule has 2 N–H and O–H groups in total. The molecular formula is C18H20N2O3. The molecule has 0 aromatic heterocycles. The van der Waals surface area contributed by atoms with Crippen LogP contribution in [0.4, 0.5) is 16.2 Å². The van der Waals surface area contributed by atoms with Crippen molar-refractivity contribution < 1.29 is 14.6 Å². The molecule has 0 atom stereocenters. The van der Waals surface area contributed by atoms with E-state index in [1.165, 1.54) is 0 Å². The summed E-state index contributed by atoms with van der Waals surface area (Å²) in [6, 6.07) is 12.1. The molecule has 5 heteroatoms. The minimum absolute atomic E-state index is 0.174. The van der Waals surface area contributed by atoms with Gasteiger partial charge in [0.15, 0.2) is 0 Å². The molecule has 0 radical (unpaired) electrons. The van der Waals surface area contributed by atoms with Crippen molar-refractivity contribution in [2.45, 2.75) is 19.3 Å². The molecule has 2 aromatic carbocycles. The molecule has 1 aliphatic rings. The summed E-state index contributed by atoms with van der Waals surface area (Å²) in [7, 11) is 1.65. The van der Waals surface area contributed by atoms with Crippen molar-refractivity contribution in [3.05, 3.63) is 48.0 Å². The Morgan fingerprint density at radius 2 is 1.96 bits per heavy atom. The molecule has 0 fully saturated rings. The molecule has 0 saturated carbocycles. The standard InChI is InChI=1S/C18H20N2O3/c1-23-17-7-4-6-16-15(17)5-2-3-12-20(16)18(22)19-13-8-10-14(21)11-9-13/h4,6-11,21H,2-3,5,12H2,1H3,(H,19,22). The second kappa shape index (κ2) is 6.60. The van der Waals surface area contributed by atoms with Gasteiger partial charge >= 0.3 is 6.03 Å². The number of carbonyl (C=O) groups is 1. The van der Waals surface area contributed by atoms with Crippen molar-refractivity contribution in [3.8, 4) is 11.5 Å². The highest BCUT2D eigenvalue weighted by Crippen LogP contribution is 2.33. The van der Waals surface area contributed by atoms with Gasteiger partial charge in [-0.1, -0.05) is 6.07 Å². The second-order valence-corrected chi connectivity index (χ2v) is 5.54. The van der Waals surface area contributed by atoms with Gasteiger partial charge in [-0.05, 0) is 55.7 Å². The minimum atomic E-state index is -0.174. The molecule has 0 saturated heterocycles. The molecule has 120 valence electrons. The lowest BCUT2D eigenvalue weighted by molar-refractivity contribution is 0.257. The molecule has 23 heavy (non-hydrogen) atoms. The van der Waals surface area contributed by atoms with Gasteiger partial charge in [-0.3, -0.25) is 4.90 Å². The number of phenolic OH excluding ortho intramolecular Hbond substituents is 1. The van der Waals surface area contributed by atoms with Crippen molar-refractivity contribution >= 4 is 17.4 Å². The highest BCUT2D eigenvalue weighted by atomic mass is 16.5. The number of methoxy groups -OCH3 is 1. The third-order valence-corrected chi connectivity index (χ3v) is 4.04. The number of urea groups is 1. The zero-order valence-corrected chi connectivity index (χ0v) is 13.1. The number of fused-ring (bicyclic) bond motifs is 1. The number of anilines is 2. The minimum Gasteiger partial charge on any atom is -0.508 e. The summed E-state index contributed by atoms with van der Waals surface area (Å²) < 4.78 is 5.44. The van der Waals surface area contributed by atoms with Crippen LogP contribution in [0.3, 0.4) is 0 Å². The lowest BCUT2D eigenvalue weighted by Crippen LogP contribution is -2.35. The quantitative estimate of drug-likeness (QED) is 0.830. The van der Waals surface area contributed by atoms with E-state index < -0.39 is 0 Å². The molecule has 2 amide bonds. The van der Waals surface area contributed by atoms with Crippen molar-refractivity contribution in [1.82, 2.24) is 0 Å². The third kappa shape index (κ3) is 3.23. The maximum Gasteiger partial charge on any atom is 0.326 e. The number of hydrogen-bond donors (Lipinski definition) is 2. The molecule has 2 aromatic rings.